The lowest BCUT2D eigenvalue weighted by Gasteiger charge is -2.26. The quantitative estimate of drug-likeness (QED) is 0.914. The largest absolute Gasteiger partial charge is 0.371 e. The van der Waals surface area contributed by atoms with E-state index in [4.69, 9.17) is 0 Å². The fraction of sp³-hybridized carbons (Fsp3) is 0.429. The maximum atomic E-state index is 12.8. The molecule has 0 bridgehead atoms. The van der Waals surface area contributed by atoms with E-state index < -0.39 is 0 Å². The van der Waals surface area contributed by atoms with Gasteiger partial charge in [0.2, 0.25) is 0 Å². The fourth-order valence-electron chi connectivity index (χ4n) is 4.09. The number of rotatable bonds is 4. The van der Waals surface area contributed by atoms with Gasteiger partial charge < -0.3 is 15.1 Å². The lowest BCUT2D eigenvalue weighted by molar-refractivity contribution is 0.191. The molecular formula is C21H26N4O. The number of anilines is 1. The predicted molar refractivity (Wildman–Crippen MR) is 103 cm³/mol. The third kappa shape index (κ3) is 3.52. The Kier molecular flexibility index (Phi) is 5.04. The number of amides is 2. The molecule has 136 valence electrons. The lowest BCUT2D eigenvalue weighted by Crippen LogP contribution is -2.39. The molecule has 2 aliphatic heterocycles. The Bertz CT molecular complexity index is 743. The Morgan fingerprint density at radius 1 is 1.04 bits per heavy atom. The van der Waals surface area contributed by atoms with Crippen molar-refractivity contribution < 1.29 is 4.79 Å². The molecule has 2 aromatic rings. The summed E-state index contributed by atoms with van der Waals surface area (Å²) in [5.41, 5.74) is 3.43. The zero-order valence-corrected chi connectivity index (χ0v) is 15.1. The monoisotopic (exact) mass is 350 g/mol. The molecule has 1 unspecified atom stereocenters. The van der Waals surface area contributed by atoms with Crippen molar-refractivity contribution in [1.82, 2.24) is 15.2 Å². The molecule has 2 saturated heterocycles. The van der Waals surface area contributed by atoms with E-state index in [1.165, 1.54) is 24.1 Å². The summed E-state index contributed by atoms with van der Waals surface area (Å²) in [6.07, 6.45) is 6.31. The lowest BCUT2D eigenvalue weighted by atomic mass is 10.1. The molecule has 0 saturated carbocycles. The Labute approximate surface area is 155 Å². The van der Waals surface area contributed by atoms with Crippen LogP contribution in [-0.2, 0) is 6.54 Å². The summed E-state index contributed by atoms with van der Waals surface area (Å²) in [4.78, 5) is 21.6. The van der Waals surface area contributed by atoms with Gasteiger partial charge in [0.1, 0.15) is 0 Å². The van der Waals surface area contributed by atoms with Gasteiger partial charge in [-0.05, 0) is 49.4 Å². The van der Waals surface area contributed by atoms with Crippen molar-refractivity contribution >= 4 is 11.7 Å². The summed E-state index contributed by atoms with van der Waals surface area (Å²) < 4.78 is 0. The normalized spacial score (nSPS) is 19.8. The molecule has 2 aliphatic rings. The summed E-state index contributed by atoms with van der Waals surface area (Å²) in [6.45, 7) is 3.58. The fourth-order valence-corrected chi connectivity index (χ4v) is 4.09. The molecule has 2 amide bonds. The minimum atomic E-state index is 0.00868. The number of hydrogen-bond donors (Lipinski definition) is 1. The van der Waals surface area contributed by atoms with Gasteiger partial charge in [-0.25, -0.2) is 4.79 Å². The number of hydrogen-bond acceptors (Lipinski definition) is 3. The number of likely N-dealkylation sites (tertiary alicyclic amines) is 1. The second kappa shape index (κ2) is 7.77. The third-order valence-electron chi connectivity index (χ3n) is 5.41. The molecule has 1 atom stereocenters. The van der Waals surface area contributed by atoms with E-state index >= 15 is 0 Å². The first-order valence-corrected chi connectivity index (χ1v) is 9.61. The van der Waals surface area contributed by atoms with Crippen LogP contribution in [0.2, 0.25) is 0 Å². The van der Waals surface area contributed by atoms with Crippen molar-refractivity contribution in [3.63, 3.8) is 0 Å². The minimum Gasteiger partial charge on any atom is -0.371 e. The Morgan fingerprint density at radius 2 is 1.85 bits per heavy atom. The SMILES string of the molecule is O=C(NCc1ccccc1N1CCCC1)N1CCCC1c1ccccn1. The van der Waals surface area contributed by atoms with Gasteiger partial charge in [-0.2, -0.15) is 0 Å². The standard InChI is InChI=1S/C21H26N4O/c26-21(25-15-7-11-20(25)18-9-3-4-12-22-18)23-16-17-8-1-2-10-19(17)24-13-5-6-14-24/h1-4,8-10,12,20H,5-7,11,13-16H2,(H,23,26). The second-order valence-corrected chi connectivity index (χ2v) is 7.09. The summed E-state index contributed by atoms with van der Waals surface area (Å²) in [5.74, 6) is 0. The Balaban J connectivity index is 1.43. The summed E-state index contributed by atoms with van der Waals surface area (Å²) in [6, 6.07) is 14.4. The molecule has 0 spiro atoms. The van der Waals surface area contributed by atoms with Gasteiger partial charge in [-0.3, -0.25) is 4.98 Å². The highest BCUT2D eigenvalue weighted by molar-refractivity contribution is 5.75. The number of nitrogens with zero attached hydrogens (tertiary/aromatic N) is 3. The molecular weight excluding hydrogens is 324 g/mol. The predicted octanol–water partition coefficient (Wildman–Crippen LogP) is 3.73. The highest BCUT2D eigenvalue weighted by atomic mass is 16.2. The molecule has 0 aliphatic carbocycles. The average Bonchev–Trinajstić information content (AvgIpc) is 3.39. The van der Waals surface area contributed by atoms with E-state index in [0.717, 1.165) is 38.2 Å². The number of carbonyl (C=O) groups is 1. The summed E-state index contributed by atoms with van der Waals surface area (Å²) >= 11 is 0. The van der Waals surface area contributed by atoms with Crippen LogP contribution in [0, 0.1) is 0 Å². The van der Waals surface area contributed by atoms with Crippen LogP contribution in [0.5, 0.6) is 0 Å². The van der Waals surface area contributed by atoms with E-state index in [-0.39, 0.29) is 12.1 Å². The summed E-state index contributed by atoms with van der Waals surface area (Å²) in [5, 5.41) is 3.14. The van der Waals surface area contributed by atoms with Gasteiger partial charge in [0.05, 0.1) is 11.7 Å². The number of carbonyl (C=O) groups excluding carboxylic acids is 1. The second-order valence-electron chi connectivity index (χ2n) is 7.09. The van der Waals surface area contributed by atoms with Crippen LogP contribution in [0.15, 0.2) is 48.7 Å². The van der Waals surface area contributed by atoms with Crippen LogP contribution >= 0.6 is 0 Å². The van der Waals surface area contributed by atoms with Gasteiger partial charge in [0.15, 0.2) is 0 Å². The Hall–Kier alpha value is -2.56. The van der Waals surface area contributed by atoms with Crippen LogP contribution in [0.25, 0.3) is 0 Å². The van der Waals surface area contributed by atoms with E-state index in [9.17, 15) is 4.79 Å². The number of urea groups is 1. The molecule has 1 aromatic carbocycles. The van der Waals surface area contributed by atoms with Crippen LogP contribution in [0.4, 0.5) is 10.5 Å². The molecule has 26 heavy (non-hydrogen) atoms. The smallest absolute Gasteiger partial charge is 0.318 e. The zero-order chi connectivity index (χ0) is 17.8. The van der Waals surface area contributed by atoms with Crippen LogP contribution in [-0.4, -0.2) is 35.5 Å². The van der Waals surface area contributed by atoms with Gasteiger partial charge in [-0.1, -0.05) is 24.3 Å². The highest BCUT2D eigenvalue weighted by Gasteiger charge is 2.30. The van der Waals surface area contributed by atoms with Crippen molar-refractivity contribution in [2.24, 2.45) is 0 Å². The number of aromatic nitrogens is 1. The first-order valence-electron chi connectivity index (χ1n) is 9.61. The number of pyridine rings is 1. The van der Waals surface area contributed by atoms with Crippen molar-refractivity contribution in [3.05, 3.63) is 59.9 Å². The van der Waals surface area contributed by atoms with Crippen molar-refractivity contribution in [2.75, 3.05) is 24.5 Å². The number of nitrogens with one attached hydrogen (secondary N) is 1. The summed E-state index contributed by atoms with van der Waals surface area (Å²) in [7, 11) is 0. The third-order valence-corrected chi connectivity index (χ3v) is 5.41. The van der Waals surface area contributed by atoms with Crippen LogP contribution in [0.1, 0.15) is 43.0 Å². The number of para-hydroxylation sites is 1. The molecule has 5 heteroatoms. The molecule has 2 fully saturated rings. The topological polar surface area (TPSA) is 48.5 Å². The molecule has 3 heterocycles. The first kappa shape index (κ1) is 16.9. The highest BCUT2D eigenvalue weighted by Crippen LogP contribution is 2.30. The van der Waals surface area contributed by atoms with Gasteiger partial charge in [0.25, 0.3) is 0 Å². The van der Waals surface area contributed by atoms with Gasteiger partial charge in [-0.15, -0.1) is 0 Å². The van der Waals surface area contributed by atoms with Gasteiger partial charge in [0, 0.05) is 38.1 Å². The maximum Gasteiger partial charge on any atom is 0.318 e. The first-order chi connectivity index (χ1) is 12.8. The molecule has 1 N–H and O–H groups in total. The maximum absolute atomic E-state index is 12.8. The minimum absolute atomic E-state index is 0.00868. The van der Waals surface area contributed by atoms with Crippen LogP contribution < -0.4 is 10.2 Å². The van der Waals surface area contributed by atoms with Crippen LogP contribution in [0.3, 0.4) is 0 Å². The molecule has 4 rings (SSSR count). The average molecular weight is 350 g/mol. The van der Waals surface area contributed by atoms with Crippen molar-refractivity contribution in [1.29, 1.82) is 0 Å². The molecule has 5 nitrogen and oxygen atoms in total. The zero-order valence-electron chi connectivity index (χ0n) is 15.1. The Morgan fingerprint density at radius 3 is 2.65 bits per heavy atom. The van der Waals surface area contributed by atoms with Gasteiger partial charge >= 0.3 is 6.03 Å². The van der Waals surface area contributed by atoms with E-state index in [1.54, 1.807) is 6.20 Å². The van der Waals surface area contributed by atoms with E-state index in [0.29, 0.717) is 6.54 Å². The molecule has 1 aromatic heterocycles. The van der Waals surface area contributed by atoms with E-state index in [2.05, 4.69) is 33.4 Å². The number of benzene rings is 1. The van der Waals surface area contributed by atoms with E-state index in [1.807, 2.05) is 29.2 Å². The molecule has 0 radical (unpaired) electrons. The van der Waals surface area contributed by atoms with Crippen molar-refractivity contribution in [2.45, 2.75) is 38.3 Å². The van der Waals surface area contributed by atoms with Crippen molar-refractivity contribution in [3.8, 4) is 0 Å².